The largest absolute Gasteiger partial charge is 0.351 e. The summed E-state index contributed by atoms with van der Waals surface area (Å²) in [6, 6.07) is 9.75. The minimum Gasteiger partial charge on any atom is -0.351 e. The van der Waals surface area contributed by atoms with Gasteiger partial charge < -0.3 is 5.32 Å². The zero-order chi connectivity index (χ0) is 30.9. The first kappa shape index (κ1) is 30.0. The van der Waals surface area contributed by atoms with Gasteiger partial charge in [0.15, 0.2) is 0 Å². The fourth-order valence-electron chi connectivity index (χ4n) is 5.37. The van der Waals surface area contributed by atoms with Crippen molar-refractivity contribution >= 4 is 41.0 Å². The van der Waals surface area contributed by atoms with Crippen LogP contribution in [-0.2, 0) is 20.8 Å². The molecule has 43 heavy (non-hydrogen) atoms. The molecule has 3 aromatic rings. The maximum absolute atomic E-state index is 14.9. The molecule has 0 bridgehead atoms. The van der Waals surface area contributed by atoms with Gasteiger partial charge in [0, 0.05) is 47.8 Å². The van der Waals surface area contributed by atoms with Crippen LogP contribution in [0.2, 0.25) is 5.02 Å². The lowest BCUT2D eigenvalue weighted by Crippen LogP contribution is -2.56. The molecule has 9 nitrogen and oxygen atoms in total. The van der Waals surface area contributed by atoms with E-state index in [0.29, 0.717) is 12.0 Å². The SMILES string of the molecule is CCc1cc(F)cc(N(C(=O)[C@@H]2CCC(=O)N2c2nccc(C#N)n2)C(C(=O)NC2CC(F)(F)C2)c2ccccc2Cl)c1. The maximum Gasteiger partial charge on any atom is 0.252 e. The molecule has 1 saturated carbocycles. The summed E-state index contributed by atoms with van der Waals surface area (Å²) in [6.45, 7) is 1.79. The van der Waals surface area contributed by atoms with Crippen molar-refractivity contribution in [3.63, 3.8) is 0 Å². The monoisotopic (exact) mass is 610 g/mol. The van der Waals surface area contributed by atoms with Crippen molar-refractivity contribution in [2.75, 3.05) is 9.80 Å². The summed E-state index contributed by atoms with van der Waals surface area (Å²) < 4.78 is 42.3. The van der Waals surface area contributed by atoms with Crippen LogP contribution in [0, 0.1) is 17.1 Å². The zero-order valence-corrected chi connectivity index (χ0v) is 23.7. The molecule has 222 valence electrons. The number of halogens is 4. The quantitative estimate of drug-likeness (QED) is 0.388. The van der Waals surface area contributed by atoms with Crippen LogP contribution in [0.15, 0.2) is 54.7 Å². The number of nitrogens with zero attached hydrogens (tertiary/aromatic N) is 5. The number of aryl methyl sites for hydroxylation is 1. The Labute approximate surface area is 250 Å². The van der Waals surface area contributed by atoms with Crippen LogP contribution in [0.5, 0.6) is 0 Å². The molecule has 2 fully saturated rings. The lowest BCUT2D eigenvalue weighted by Gasteiger charge is -2.39. The van der Waals surface area contributed by atoms with Crippen LogP contribution in [-0.4, -0.2) is 45.7 Å². The fourth-order valence-corrected chi connectivity index (χ4v) is 5.61. The standard InChI is InChI=1S/C30H26ClF3N6O3/c1-2-17-11-18(32)13-21(12-17)39(28(43)24-7-8-25(41)40(24)29-36-10-9-19(16-35)38-29)26(22-5-3-4-6-23(22)31)27(42)37-20-14-30(33,34)15-20/h3-6,9-13,20,24,26H,2,7-8,14-15H2,1H3,(H,37,42)/t24-,26?/m0/s1. The highest BCUT2D eigenvalue weighted by Gasteiger charge is 2.49. The van der Waals surface area contributed by atoms with Crippen molar-refractivity contribution in [2.24, 2.45) is 0 Å². The second-order valence-electron chi connectivity index (χ2n) is 10.4. The highest BCUT2D eigenvalue weighted by molar-refractivity contribution is 6.31. The van der Waals surface area contributed by atoms with E-state index in [2.05, 4.69) is 15.3 Å². The van der Waals surface area contributed by atoms with Crippen molar-refractivity contribution < 1.29 is 27.6 Å². The molecule has 0 spiro atoms. The van der Waals surface area contributed by atoms with E-state index in [1.807, 2.05) is 6.07 Å². The summed E-state index contributed by atoms with van der Waals surface area (Å²) in [7, 11) is 0. The highest BCUT2D eigenvalue weighted by Crippen LogP contribution is 2.40. The number of nitriles is 1. The van der Waals surface area contributed by atoms with Crippen LogP contribution in [0.25, 0.3) is 0 Å². The number of benzene rings is 2. The van der Waals surface area contributed by atoms with E-state index in [0.717, 1.165) is 15.9 Å². The predicted octanol–water partition coefficient (Wildman–Crippen LogP) is 4.89. The van der Waals surface area contributed by atoms with Gasteiger partial charge in [-0.05, 0) is 48.7 Å². The van der Waals surface area contributed by atoms with Gasteiger partial charge in [0.25, 0.3) is 11.8 Å². The first-order valence-corrected chi connectivity index (χ1v) is 14.0. The lowest BCUT2D eigenvalue weighted by molar-refractivity contribution is -0.133. The van der Waals surface area contributed by atoms with Gasteiger partial charge in [0.1, 0.15) is 29.7 Å². The highest BCUT2D eigenvalue weighted by atomic mass is 35.5. The van der Waals surface area contributed by atoms with Gasteiger partial charge in [-0.1, -0.05) is 36.7 Å². The predicted molar refractivity (Wildman–Crippen MR) is 151 cm³/mol. The number of rotatable bonds is 8. The Hall–Kier alpha value is -4.50. The van der Waals surface area contributed by atoms with E-state index < -0.39 is 60.4 Å². The first-order chi connectivity index (χ1) is 20.5. The maximum atomic E-state index is 14.9. The molecular weight excluding hydrogens is 585 g/mol. The van der Waals surface area contributed by atoms with Crippen LogP contribution in [0.3, 0.4) is 0 Å². The van der Waals surface area contributed by atoms with E-state index >= 15 is 0 Å². The van der Waals surface area contributed by atoms with Gasteiger partial charge in [-0.3, -0.25) is 24.2 Å². The van der Waals surface area contributed by atoms with Crippen molar-refractivity contribution in [3.05, 3.63) is 82.4 Å². The number of carbonyl (C=O) groups excluding carboxylic acids is 3. The summed E-state index contributed by atoms with van der Waals surface area (Å²) in [5.74, 6) is -5.84. The molecule has 1 saturated heterocycles. The molecule has 2 heterocycles. The molecule has 0 radical (unpaired) electrons. The molecule has 1 aromatic heterocycles. The van der Waals surface area contributed by atoms with Crippen LogP contribution in [0.1, 0.15) is 55.5 Å². The van der Waals surface area contributed by atoms with Gasteiger partial charge in [-0.15, -0.1) is 0 Å². The number of alkyl halides is 2. The average Bonchev–Trinajstić information content (AvgIpc) is 3.35. The van der Waals surface area contributed by atoms with Gasteiger partial charge in [0.05, 0.1) is 0 Å². The van der Waals surface area contributed by atoms with Crippen molar-refractivity contribution in [3.8, 4) is 6.07 Å². The molecular formula is C30H26ClF3N6O3. The first-order valence-electron chi connectivity index (χ1n) is 13.6. The fraction of sp³-hybridized carbons (Fsp3) is 0.333. The lowest BCUT2D eigenvalue weighted by atomic mass is 9.87. The summed E-state index contributed by atoms with van der Waals surface area (Å²) in [6.07, 6.45) is 0.485. The van der Waals surface area contributed by atoms with Crippen LogP contribution in [0.4, 0.5) is 24.8 Å². The molecule has 3 amide bonds. The molecule has 13 heteroatoms. The average molecular weight is 611 g/mol. The Morgan fingerprint density at radius 3 is 2.65 bits per heavy atom. The molecule has 2 aliphatic rings. The number of aromatic nitrogens is 2. The molecule has 1 aliphatic heterocycles. The van der Waals surface area contributed by atoms with E-state index in [1.165, 1.54) is 30.5 Å². The Kier molecular flexibility index (Phi) is 8.37. The summed E-state index contributed by atoms with van der Waals surface area (Å²) in [5, 5.41) is 12.0. The number of nitrogens with one attached hydrogen (secondary N) is 1. The number of hydrogen-bond donors (Lipinski definition) is 1. The number of carbonyl (C=O) groups is 3. The molecule has 1 unspecified atom stereocenters. The Morgan fingerprint density at radius 2 is 1.98 bits per heavy atom. The summed E-state index contributed by atoms with van der Waals surface area (Å²) in [5.41, 5.74) is 0.666. The van der Waals surface area contributed by atoms with E-state index in [9.17, 15) is 32.8 Å². The van der Waals surface area contributed by atoms with Crippen molar-refractivity contribution in [1.82, 2.24) is 15.3 Å². The molecule has 1 aliphatic carbocycles. The Bertz CT molecular complexity index is 1620. The van der Waals surface area contributed by atoms with Gasteiger partial charge in [-0.2, -0.15) is 5.26 Å². The minimum absolute atomic E-state index is 0.00634. The molecule has 1 N–H and O–H groups in total. The second kappa shape index (κ2) is 12.0. The van der Waals surface area contributed by atoms with Gasteiger partial charge in [0.2, 0.25) is 17.8 Å². The third-order valence-corrected chi connectivity index (χ3v) is 7.82. The number of hydrogen-bond acceptors (Lipinski definition) is 6. The Morgan fingerprint density at radius 1 is 1.23 bits per heavy atom. The van der Waals surface area contributed by atoms with Crippen molar-refractivity contribution in [2.45, 2.75) is 63.1 Å². The molecule has 5 rings (SSSR count). The van der Waals surface area contributed by atoms with E-state index in [-0.39, 0.29) is 40.8 Å². The second-order valence-corrected chi connectivity index (χ2v) is 10.9. The number of anilines is 2. The smallest absolute Gasteiger partial charge is 0.252 e. The van der Waals surface area contributed by atoms with Gasteiger partial charge in [-0.25, -0.2) is 23.1 Å². The van der Waals surface area contributed by atoms with Gasteiger partial charge >= 0.3 is 0 Å². The molecule has 2 atom stereocenters. The third kappa shape index (κ3) is 6.17. The molecule has 2 aromatic carbocycles. The van der Waals surface area contributed by atoms with Crippen LogP contribution >= 0.6 is 11.6 Å². The topological polar surface area (TPSA) is 119 Å². The van der Waals surface area contributed by atoms with E-state index in [1.54, 1.807) is 25.1 Å². The third-order valence-electron chi connectivity index (χ3n) is 7.48. The van der Waals surface area contributed by atoms with Crippen molar-refractivity contribution in [1.29, 1.82) is 5.26 Å². The van der Waals surface area contributed by atoms with E-state index in [4.69, 9.17) is 11.6 Å². The zero-order valence-electron chi connectivity index (χ0n) is 22.9. The Balaban J connectivity index is 1.64. The van der Waals surface area contributed by atoms with Crippen LogP contribution < -0.4 is 15.1 Å². The summed E-state index contributed by atoms with van der Waals surface area (Å²) >= 11 is 6.53. The number of amides is 3. The normalized spacial score (nSPS) is 18.5. The summed E-state index contributed by atoms with van der Waals surface area (Å²) in [4.78, 5) is 51.9. The minimum atomic E-state index is -2.92.